The number of carboxylic acids is 1. The van der Waals surface area contributed by atoms with Gasteiger partial charge in [0.15, 0.2) is 11.9 Å². The van der Waals surface area contributed by atoms with Gasteiger partial charge in [0.2, 0.25) is 5.91 Å². The highest BCUT2D eigenvalue weighted by atomic mass is 16.6. The van der Waals surface area contributed by atoms with Crippen LogP contribution in [0.4, 0.5) is 0 Å². The lowest BCUT2D eigenvalue weighted by molar-refractivity contribution is -0.142. The molecule has 178 valence electrons. The number of aliphatic hydroxyl groups excluding tert-OH is 2. The van der Waals surface area contributed by atoms with E-state index in [1.807, 2.05) is 6.92 Å². The standard InChI is InChI=1S/C19H29N5O8/c1-3-5-11-14(17(20)30)22-23-24(11)19-16(29)15(28)12(32-19)8-21-18(31)9(7-13(26)27)6-10(25)4-2/h9,12,15-16,19,28-29H,3-8H2,1-2H3,(H2,20,30)(H,21,31)(H,26,27)/t9-,12+,15+,16+,19+/m0/s1. The summed E-state index contributed by atoms with van der Waals surface area (Å²) in [5, 5.41) is 39.9. The number of nitrogens with one attached hydrogen (secondary N) is 1. The normalized spacial score (nSPS) is 23.6. The van der Waals surface area contributed by atoms with E-state index in [4.69, 9.17) is 15.6 Å². The van der Waals surface area contributed by atoms with Crippen LogP contribution < -0.4 is 11.1 Å². The van der Waals surface area contributed by atoms with Gasteiger partial charge >= 0.3 is 5.97 Å². The van der Waals surface area contributed by atoms with Gasteiger partial charge in [-0.15, -0.1) is 5.10 Å². The van der Waals surface area contributed by atoms with E-state index in [1.54, 1.807) is 6.92 Å². The number of amides is 2. The van der Waals surface area contributed by atoms with Gasteiger partial charge in [-0.3, -0.25) is 19.2 Å². The van der Waals surface area contributed by atoms with E-state index in [-0.39, 0.29) is 30.9 Å². The highest BCUT2D eigenvalue weighted by Gasteiger charge is 2.45. The molecule has 0 aromatic carbocycles. The van der Waals surface area contributed by atoms with Gasteiger partial charge in [-0.2, -0.15) is 0 Å². The number of nitrogens with zero attached hydrogens (tertiary/aromatic N) is 3. The van der Waals surface area contributed by atoms with Crippen molar-refractivity contribution in [1.82, 2.24) is 20.3 Å². The number of aliphatic carboxylic acids is 1. The number of carbonyl (C=O) groups excluding carboxylic acids is 3. The largest absolute Gasteiger partial charge is 0.481 e. The first kappa shape index (κ1) is 25.4. The molecule has 0 unspecified atom stereocenters. The number of aromatic nitrogens is 3. The molecular formula is C19H29N5O8. The van der Waals surface area contributed by atoms with Crippen molar-refractivity contribution in [1.29, 1.82) is 0 Å². The zero-order chi connectivity index (χ0) is 24.0. The van der Waals surface area contributed by atoms with Crippen molar-refractivity contribution >= 4 is 23.6 Å². The maximum absolute atomic E-state index is 12.4. The second-order valence-electron chi connectivity index (χ2n) is 7.63. The Morgan fingerprint density at radius 1 is 1.19 bits per heavy atom. The highest BCUT2D eigenvalue weighted by Crippen LogP contribution is 2.30. The molecule has 1 saturated heterocycles. The van der Waals surface area contributed by atoms with E-state index >= 15 is 0 Å². The van der Waals surface area contributed by atoms with Crippen LogP contribution in [0.1, 0.15) is 61.9 Å². The number of ether oxygens (including phenoxy) is 1. The second-order valence-corrected chi connectivity index (χ2v) is 7.63. The minimum atomic E-state index is -1.44. The van der Waals surface area contributed by atoms with E-state index in [2.05, 4.69) is 15.6 Å². The van der Waals surface area contributed by atoms with Gasteiger partial charge < -0.3 is 31.1 Å². The van der Waals surface area contributed by atoms with Crippen LogP contribution in [0.15, 0.2) is 0 Å². The summed E-state index contributed by atoms with van der Waals surface area (Å²) in [6.07, 6.45) is -4.65. The molecule has 0 aliphatic carbocycles. The lowest BCUT2D eigenvalue weighted by Crippen LogP contribution is -2.42. The van der Waals surface area contributed by atoms with Crippen LogP contribution in [0.3, 0.4) is 0 Å². The van der Waals surface area contributed by atoms with Crippen molar-refractivity contribution < 1.29 is 39.2 Å². The van der Waals surface area contributed by atoms with Gasteiger partial charge in [-0.25, -0.2) is 4.68 Å². The van der Waals surface area contributed by atoms with Gasteiger partial charge in [0.1, 0.15) is 24.1 Å². The number of carbonyl (C=O) groups is 4. The number of aliphatic hydroxyl groups is 2. The van der Waals surface area contributed by atoms with Crippen molar-refractivity contribution in [3.05, 3.63) is 11.4 Å². The first-order valence-electron chi connectivity index (χ1n) is 10.4. The minimum absolute atomic E-state index is 0.0639. The molecule has 1 aliphatic rings. The van der Waals surface area contributed by atoms with E-state index in [0.717, 1.165) is 0 Å². The Balaban J connectivity index is 2.10. The molecule has 5 atom stereocenters. The van der Waals surface area contributed by atoms with Crippen molar-refractivity contribution in [2.75, 3.05) is 6.54 Å². The predicted octanol–water partition coefficient (Wildman–Crippen LogP) is -1.47. The fraction of sp³-hybridized carbons (Fsp3) is 0.684. The van der Waals surface area contributed by atoms with Crippen molar-refractivity contribution in [2.24, 2.45) is 11.7 Å². The minimum Gasteiger partial charge on any atom is -0.481 e. The number of ketones is 1. The Bertz CT molecular complexity index is 857. The molecule has 0 radical (unpaired) electrons. The first-order valence-corrected chi connectivity index (χ1v) is 10.4. The smallest absolute Gasteiger partial charge is 0.304 e. The number of rotatable bonds is 12. The Kier molecular flexibility index (Phi) is 8.80. The van der Waals surface area contributed by atoms with Crippen LogP contribution in [-0.2, 0) is 25.5 Å². The number of hydrogen-bond donors (Lipinski definition) is 5. The molecule has 1 fully saturated rings. The number of nitrogens with two attached hydrogens (primary N) is 1. The van der Waals surface area contributed by atoms with Crippen LogP contribution >= 0.6 is 0 Å². The van der Waals surface area contributed by atoms with Crippen LogP contribution in [-0.4, -0.2) is 78.7 Å². The van der Waals surface area contributed by atoms with Gasteiger partial charge in [-0.1, -0.05) is 25.5 Å². The summed E-state index contributed by atoms with van der Waals surface area (Å²) in [5.74, 6) is -4.00. The molecule has 1 aromatic heterocycles. The molecular weight excluding hydrogens is 426 g/mol. The van der Waals surface area contributed by atoms with Crippen molar-refractivity contribution in [2.45, 2.75) is 70.5 Å². The first-order chi connectivity index (χ1) is 15.1. The molecule has 2 amide bonds. The molecule has 13 nitrogen and oxygen atoms in total. The zero-order valence-corrected chi connectivity index (χ0v) is 17.9. The second kappa shape index (κ2) is 11.1. The molecule has 0 bridgehead atoms. The van der Waals surface area contributed by atoms with Crippen LogP contribution in [0.25, 0.3) is 0 Å². The Morgan fingerprint density at radius 2 is 1.88 bits per heavy atom. The maximum Gasteiger partial charge on any atom is 0.304 e. The summed E-state index contributed by atoms with van der Waals surface area (Å²) >= 11 is 0. The van der Waals surface area contributed by atoms with Crippen LogP contribution in [0.2, 0.25) is 0 Å². The fourth-order valence-electron chi connectivity index (χ4n) is 3.51. The average Bonchev–Trinajstić information content (AvgIpc) is 3.27. The summed E-state index contributed by atoms with van der Waals surface area (Å²) < 4.78 is 6.86. The number of hydrogen-bond acceptors (Lipinski definition) is 9. The van der Waals surface area contributed by atoms with Gasteiger partial charge in [0.05, 0.1) is 18.0 Å². The third-order valence-corrected chi connectivity index (χ3v) is 5.23. The maximum atomic E-state index is 12.4. The summed E-state index contributed by atoms with van der Waals surface area (Å²) in [7, 11) is 0. The van der Waals surface area contributed by atoms with Gasteiger partial charge in [0.25, 0.3) is 5.91 Å². The Hall–Kier alpha value is -2.90. The van der Waals surface area contributed by atoms with Crippen molar-refractivity contribution in [3.63, 3.8) is 0 Å². The van der Waals surface area contributed by atoms with E-state index in [9.17, 15) is 29.4 Å². The monoisotopic (exact) mass is 455 g/mol. The number of Topliss-reactive ketones (excluding diaryl/α,β-unsaturated/α-hetero) is 1. The molecule has 1 aliphatic heterocycles. The molecule has 2 heterocycles. The molecule has 0 spiro atoms. The summed E-state index contributed by atoms with van der Waals surface area (Å²) in [6.45, 7) is 3.23. The average molecular weight is 455 g/mol. The van der Waals surface area contributed by atoms with Crippen molar-refractivity contribution in [3.8, 4) is 0 Å². The lowest BCUT2D eigenvalue weighted by Gasteiger charge is -2.18. The van der Waals surface area contributed by atoms with E-state index < -0.39 is 54.7 Å². The quantitative estimate of drug-likeness (QED) is 0.247. The fourth-order valence-corrected chi connectivity index (χ4v) is 3.51. The summed E-state index contributed by atoms with van der Waals surface area (Å²) in [4.78, 5) is 46.7. The van der Waals surface area contributed by atoms with E-state index in [1.165, 1.54) is 4.68 Å². The zero-order valence-electron chi connectivity index (χ0n) is 17.9. The Labute approximate surface area is 183 Å². The highest BCUT2D eigenvalue weighted by molar-refractivity contribution is 5.91. The van der Waals surface area contributed by atoms with Gasteiger partial charge in [-0.05, 0) is 6.42 Å². The topological polar surface area (TPSA) is 207 Å². The third kappa shape index (κ3) is 5.87. The molecule has 32 heavy (non-hydrogen) atoms. The van der Waals surface area contributed by atoms with E-state index in [0.29, 0.717) is 18.5 Å². The predicted molar refractivity (Wildman–Crippen MR) is 107 cm³/mol. The summed E-state index contributed by atoms with van der Waals surface area (Å²) in [5.41, 5.74) is 5.60. The number of carboxylic acid groups (broad SMARTS) is 1. The molecule has 13 heteroatoms. The summed E-state index contributed by atoms with van der Waals surface area (Å²) in [6, 6.07) is 0. The molecule has 2 rings (SSSR count). The molecule has 0 saturated carbocycles. The third-order valence-electron chi connectivity index (χ3n) is 5.23. The molecule has 1 aromatic rings. The molecule has 6 N–H and O–H groups in total. The SMILES string of the molecule is CCCc1c(C(N)=O)nnn1[C@@H]1O[C@H](CNC(=O)[C@H](CC(=O)O)CC(=O)CC)[C@@H](O)[C@H]1O. The lowest BCUT2D eigenvalue weighted by atomic mass is 9.96. The Morgan fingerprint density at radius 3 is 2.44 bits per heavy atom. The van der Waals surface area contributed by atoms with Gasteiger partial charge in [0, 0.05) is 19.4 Å². The number of primary amides is 1. The van der Waals surface area contributed by atoms with Crippen LogP contribution in [0, 0.1) is 5.92 Å². The van der Waals surface area contributed by atoms with Crippen LogP contribution in [0.5, 0.6) is 0 Å².